The van der Waals surface area contributed by atoms with Gasteiger partial charge in [0.15, 0.2) is 6.61 Å². The van der Waals surface area contributed by atoms with Gasteiger partial charge in [-0.05, 0) is 25.1 Å². The van der Waals surface area contributed by atoms with Crippen LogP contribution in [-0.4, -0.2) is 22.5 Å². The number of nitrogens with zero attached hydrogens (tertiary/aromatic N) is 2. The van der Waals surface area contributed by atoms with Crippen LogP contribution in [0.2, 0.25) is 10.0 Å². The Kier molecular flexibility index (Phi) is 4.76. The van der Waals surface area contributed by atoms with Crippen molar-refractivity contribution < 1.29 is 9.53 Å². The lowest BCUT2D eigenvalue weighted by Gasteiger charge is -2.07. The number of hydrogen-bond donors (Lipinski definition) is 1. The largest absolute Gasteiger partial charge is 0.467 e. The van der Waals surface area contributed by atoms with E-state index in [4.69, 9.17) is 27.9 Å². The van der Waals surface area contributed by atoms with Crippen LogP contribution in [0.1, 0.15) is 5.69 Å². The summed E-state index contributed by atoms with van der Waals surface area (Å²) in [6.45, 7) is 1.64. The quantitative estimate of drug-likeness (QED) is 0.942. The van der Waals surface area contributed by atoms with Crippen LogP contribution in [0, 0.1) is 6.92 Å². The molecule has 1 heterocycles. The summed E-state index contributed by atoms with van der Waals surface area (Å²) in [4.78, 5) is 19.6. The molecule has 0 saturated carbocycles. The average molecular weight is 312 g/mol. The summed E-state index contributed by atoms with van der Waals surface area (Å²) in [5, 5.41) is 3.52. The van der Waals surface area contributed by atoms with Crippen LogP contribution < -0.4 is 10.1 Å². The van der Waals surface area contributed by atoms with E-state index in [0.717, 1.165) is 5.69 Å². The van der Waals surface area contributed by atoms with Gasteiger partial charge in [-0.1, -0.05) is 23.2 Å². The van der Waals surface area contributed by atoms with Crippen molar-refractivity contribution in [2.45, 2.75) is 6.92 Å². The Bertz CT molecular complexity index is 615. The second-order valence-corrected chi connectivity index (χ2v) is 4.87. The molecule has 1 aromatic heterocycles. The van der Waals surface area contributed by atoms with E-state index in [2.05, 4.69) is 15.3 Å². The van der Waals surface area contributed by atoms with Gasteiger partial charge >= 0.3 is 0 Å². The second-order valence-electron chi connectivity index (χ2n) is 3.99. The van der Waals surface area contributed by atoms with Crippen molar-refractivity contribution >= 4 is 34.8 Å². The van der Waals surface area contributed by atoms with E-state index in [0.29, 0.717) is 21.6 Å². The van der Waals surface area contributed by atoms with Crippen LogP contribution in [0.25, 0.3) is 0 Å². The minimum Gasteiger partial charge on any atom is -0.467 e. The molecule has 2 aromatic rings. The molecule has 0 aliphatic carbocycles. The fraction of sp³-hybridized carbons (Fsp3) is 0.154. The maximum atomic E-state index is 11.7. The molecular weight excluding hydrogens is 301 g/mol. The van der Waals surface area contributed by atoms with E-state index in [9.17, 15) is 4.79 Å². The monoisotopic (exact) mass is 311 g/mol. The number of anilines is 1. The second kappa shape index (κ2) is 6.54. The molecule has 0 spiro atoms. The number of amides is 1. The van der Waals surface area contributed by atoms with E-state index >= 15 is 0 Å². The molecule has 0 fully saturated rings. The number of carbonyl (C=O) groups excluding carboxylic acids is 1. The Morgan fingerprint density at radius 3 is 2.55 bits per heavy atom. The summed E-state index contributed by atoms with van der Waals surface area (Å²) < 4.78 is 5.25. The van der Waals surface area contributed by atoms with Crippen molar-refractivity contribution in [3.05, 3.63) is 46.3 Å². The van der Waals surface area contributed by atoms with Gasteiger partial charge in [0.2, 0.25) is 5.88 Å². The van der Waals surface area contributed by atoms with Gasteiger partial charge in [-0.15, -0.1) is 0 Å². The molecule has 0 saturated heterocycles. The number of ether oxygens (including phenoxy) is 1. The van der Waals surface area contributed by atoms with E-state index in [1.54, 1.807) is 24.3 Å². The smallest absolute Gasteiger partial charge is 0.262 e. The van der Waals surface area contributed by atoms with Crippen molar-refractivity contribution in [2.75, 3.05) is 11.9 Å². The topological polar surface area (TPSA) is 64.1 Å². The number of hydrogen-bond acceptors (Lipinski definition) is 4. The van der Waals surface area contributed by atoms with Gasteiger partial charge in [0.25, 0.3) is 5.91 Å². The Labute approximate surface area is 125 Å². The molecule has 0 aliphatic heterocycles. The highest BCUT2D eigenvalue weighted by atomic mass is 35.5. The van der Waals surface area contributed by atoms with Crippen LogP contribution in [0.4, 0.5) is 5.69 Å². The number of rotatable bonds is 4. The highest BCUT2D eigenvalue weighted by Gasteiger charge is 2.06. The predicted molar refractivity (Wildman–Crippen MR) is 77.4 cm³/mol. The third kappa shape index (κ3) is 4.36. The van der Waals surface area contributed by atoms with Gasteiger partial charge < -0.3 is 10.1 Å². The van der Waals surface area contributed by atoms with E-state index < -0.39 is 0 Å². The molecule has 20 heavy (non-hydrogen) atoms. The van der Waals surface area contributed by atoms with Crippen LogP contribution >= 0.6 is 23.2 Å². The minimum atomic E-state index is -0.334. The number of benzene rings is 1. The first-order valence-electron chi connectivity index (χ1n) is 5.70. The molecular formula is C13H11Cl2N3O2. The van der Waals surface area contributed by atoms with Crippen LogP contribution in [0.3, 0.4) is 0 Å². The van der Waals surface area contributed by atoms with Crippen molar-refractivity contribution in [1.29, 1.82) is 0 Å². The molecule has 104 valence electrons. The summed E-state index contributed by atoms with van der Waals surface area (Å²) in [6.07, 6.45) is 1.37. The Balaban J connectivity index is 1.92. The molecule has 0 unspecified atom stereocenters. The van der Waals surface area contributed by atoms with Crippen molar-refractivity contribution in [3.8, 4) is 5.88 Å². The van der Waals surface area contributed by atoms with Gasteiger partial charge in [-0.2, -0.15) is 0 Å². The third-order valence-electron chi connectivity index (χ3n) is 2.28. The summed E-state index contributed by atoms with van der Waals surface area (Å²) in [6, 6.07) is 6.42. The van der Waals surface area contributed by atoms with Crippen molar-refractivity contribution in [3.63, 3.8) is 0 Å². The number of aryl methyl sites for hydroxylation is 1. The third-order valence-corrected chi connectivity index (χ3v) is 2.71. The Hall–Kier alpha value is -1.85. The number of halogens is 2. The van der Waals surface area contributed by atoms with E-state index in [1.165, 1.54) is 6.33 Å². The molecule has 5 nitrogen and oxygen atoms in total. The summed E-state index contributed by atoms with van der Waals surface area (Å²) in [5.74, 6) is 0.0105. The standard InChI is InChI=1S/C13H11Cl2N3O2/c1-8-2-13(17-7-16-8)20-6-12(19)18-11-4-9(14)3-10(15)5-11/h2-5,7H,6H2,1H3,(H,18,19). The van der Waals surface area contributed by atoms with Crippen LogP contribution in [-0.2, 0) is 4.79 Å². The summed E-state index contributed by atoms with van der Waals surface area (Å²) in [7, 11) is 0. The average Bonchev–Trinajstić information content (AvgIpc) is 2.35. The molecule has 2 rings (SSSR count). The SMILES string of the molecule is Cc1cc(OCC(=O)Nc2cc(Cl)cc(Cl)c2)ncn1. The molecule has 0 radical (unpaired) electrons. The molecule has 1 N–H and O–H groups in total. The zero-order valence-electron chi connectivity index (χ0n) is 10.6. The van der Waals surface area contributed by atoms with Gasteiger partial charge in [0.05, 0.1) is 0 Å². The van der Waals surface area contributed by atoms with Gasteiger partial charge in [-0.25, -0.2) is 9.97 Å². The minimum absolute atomic E-state index is 0.166. The summed E-state index contributed by atoms with van der Waals surface area (Å²) >= 11 is 11.7. The van der Waals surface area contributed by atoms with Crippen LogP contribution in [0.15, 0.2) is 30.6 Å². The molecule has 1 amide bonds. The first-order valence-corrected chi connectivity index (χ1v) is 6.46. The van der Waals surface area contributed by atoms with Gasteiger partial charge in [0.1, 0.15) is 6.33 Å². The van der Waals surface area contributed by atoms with Crippen LogP contribution in [0.5, 0.6) is 5.88 Å². The maximum Gasteiger partial charge on any atom is 0.262 e. The molecule has 0 aliphatic rings. The van der Waals surface area contributed by atoms with E-state index in [1.807, 2.05) is 6.92 Å². The highest BCUT2D eigenvalue weighted by molar-refractivity contribution is 6.35. The highest BCUT2D eigenvalue weighted by Crippen LogP contribution is 2.22. The number of nitrogens with one attached hydrogen (secondary N) is 1. The normalized spacial score (nSPS) is 10.2. The first-order chi connectivity index (χ1) is 9.52. The summed E-state index contributed by atoms with van der Waals surface area (Å²) in [5.41, 5.74) is 1.27. The first kappa shape index (κ1) is 14.6. The zero-order valence-corrected chi connectivity index (χ0v) is 12.1. The number of aromatic nitrogens is 2. The lowest BCUT2D eigenvalue weighted by Crippen LogP contribution is -2.20. The number of carbonyl (C=O) groups is 1. The Morgan fingerprint density at radius 2 is 1.90 bits per heavy atom. The molecule has 7 heteroatoms. The zero-order chi connectivity index (χ0) is 14.5. The molecule has 0 bridgehead atoms. The van der Waals surface area contributed by atoms with E-state index in [-0.39, 0.29) is 12.5 Å². The fourth-order valence-electron chi connectivity index (χ4n) is 1.47. The molecule has 0 atom stereocenters. The van der Waals surface area contributed by atoms with Crippen molar-refractivity contribution in [1.82, 2.24) is 9.97 Å². The fourth-order valence-corrected chi connectivity index (χ4v) is 2.00. The Morgan fingerprint density at radius 1 is 1.20 bits per heavy atom. The predicted octanol–water partition coefficient (Wildman–Crippen LogP) is 3.11. The lowest BCUT2D eigenvalue weighted by molar-refractivity contribution is -0.118. The lowest BCUT2D eigenvalue weighted by atomic mass is 10.3. The molecule has 1 aromatic carbocycles. The van der Waals surface area contributed by atoms with Crippen molar-refractivity contribution in [2.24, 2.45) is 0 Å². The maximum absolute atomic E-state index is 11.7. The van der Waals surface area contributed by atoms with Gasteiger partial charge in [-0.3, -0.25) is 4.79 Å². The van der Waals surface area contributed by atoms with Gasteiger partial charge in [0, 0.05) is 27.5 Å².